The van der Waals surface area contributed by atoms with Crippen molar-refractivity contribution < 1.29 is 13.2 Å². The van der Waals surface area contributed by atoms with Gasteiger partial charge in [0, 0.05) is 6.04 Å². The van der Waals surface area contributed by atoms with Gasteiger partial charge in [0.15, 0.2) is 3.95 Å². The van der Waals surface area contributed by atoms with E-state index in [-0.39, 0.29) is 11.2 Å². The average molecular weight is 257 g/mol. The highest BCUT2D eigenvalue weighted by molar-refractivity contribution is 7.73. The molecule has 0 saturated carbocycles. The Balaban J connectivity index is 2.89. The summed E-state index contributed by atoms with van der Waals surface area (Å²) in [6.07, 6.45) is -4.24. The van der Waals surface area contributed by atoms with E-state index in [2.05, 4.69) is 10.2 Å². The normalized spacial score (nSPS) is 12.1. The van der Waals surface area contributed by atoms with Crippen molar-refractivity contribution in [3.63, 3.8) is 0 Å². The molecule has 0 aliphatic carbocycles. The molecular weight excluding hydrogens is 247 g/mol. The Morgan fingerprint density at radius 1 is 1.53 bits per heavy atom. The monoisotopic (exact) mass is 257 g/mol. The summed E-state index contributed by atoms with van der Waals surface area (Å²) in [6, 6.07) is -0.277. The zero-order chi connectivity index (χ0) is 11.6. The predicted molar refractivity (Wildman–Crippen MR) is 55.8 cm³/mol. The number of nitrogens with one attached hydrogen (secondary N) is 1. The molecule has 0 atom stereocenters. The number of hydrogen-bond donors (Lipinski definition) is 1. The van der Waals surface area contributed by atoms with E-state index in [0.29, 0.717) is 3.95 Å². The van der Waals surface area contributed by atoms with Crippen LogP contribution >= 0.6 is 23.6 Å². The third-order valence-electron chi connectivity index (χ3n) is 1.65. The Kier molecular flexibility index (Phi) is 3.72. The highest BCUT2D eigenvalue weighted by atomic mass is 32.1. The molecule has 15 heavy (non-hydrogen) atoms. The lowest BCUT2D eigenvalue weighted by Crippen LogP contribution is -2.39. The van der Waals surface area contributed by atoms with Crippen molar-refractivity contribution in [2.45, 2.75) is 26.1 Å². The molecule has 1 rings (SSSR count). The summed E-state index contributed by atoms with van der Waals surface area (Å²) in [5.41, 5.74) is 0. The van der Waals surface area contributed by atoms with E-state index < -0.39 is 12.7 Å². The molecule has 0 spiro atoms. The molecule has 0 amide bonds. The maximum atomic E-state index is 12.3. The second-order valence-corrected chi connectivity index (χ2v) is 4.88. The third kappa shape index (κ3) is 3.78. The standard InChI is InChI=1S/C7H10F3N3S2/c1-4(2)13(3-7(8,9)10)5-11-12-6(14)15-5/h4H,3H2,1-2H3,(H,12,14). The molecule has 1 aromatic heterocycles. The van der Waals surface area contributed by atoms with E-state index in [9.17, 15) is 13.2 Å². The van der Waals surface area contributed by atoms with Crippen molar-refractivity contribution >= 4 is 28.7 Å². The van der Waals surface area contributed by atoms with E-state index >= 15 is 0 Å². The van der Waals surface area contributed by atoms with Crippen molar-refractivity contribution in [1.82, 2.24) is 10.2 Å². The van der Waals surface area contributed by atoms with Crippen molar-refractivity contribution in [1.29, 1.82) is 0 Å². The number of aromatic nitrogens is 2. The molecule has 0 saturated heterocycles. The minimum atomic E-state index is -4.24. The zero-order valence-corrected chi connectivity index (χ0v) is 9.76. The summed E-state index contributed by atoms with van der Waals surface area (Å²) >= 11 is 5.81. The Bertz CT molecular complexity index is 368. The molecular formula is C7H10F3N3S2. The van der Waals surface area contributed by atoms with Crippen molar-refractivity contribution in [2.75, 3.05) is 11.4 Å². The molecule has 1 heterocycles. The van der Waals surface area contributed by atoms with Gasteiger partial charge in [0.2, 0.25) is 5.13 Å². The van der Waals surface area contributed by atoms with Gasteiger partial charge in [-0.15, -0.1) is 5.10 Å². The van der Waals surface area contributed by atoms with E-state index in [1.54, 1.807) is 13.8 Å². The van der Waals surface area contributed by atoms with Crippen LogP contribution in [0, 0.1) is 3.95 Å². The van der Waals surface area contributed by atoms with Crippen LogP contribution in [0.25, 0.3) is 0 Å². The summed E-state index contributed by atoms with van der Waals surface area (Å²) < 4.78 is 37.1. The van der Waals surface area contributed by atoms with Crippen LogP contribution in [0.5, 0.6) is 0 Å². The minimum Gasteiger partial charge on any atom is -0.335 e. The van der Waals surface area contributed by atoms with Gasteiger partial charge in [-0.3, -0.25) is 5.10 Å². The van der Waals surface area contributed by atoms with E-state index in [4.69, 9.17) is 12.2 Å². The highest BCUT2D eigenvalue weighted by Crippen LogP contribution is 2.25. The molecule has 1 aromatic rings. The number of nitrogens with zero attached hydrogens (tertiary/aromatic N) is 2. The topological polar surface area (TPSA) is 31.9 Å². The second-order valence-electron chi connectivity index (χ2n) is 3.23. The van der Waals surface area contributed by atoms with Crippen molar-refractivity contribution in [2.24, 2.45) is 0 Å². The van der Waals surface area contributed by atoms with E-state index in [1.807, 2.05) is 0 Å². The Labute approximate surface area is 93.9 Å². The van der Waals surface area contributed by atoms with Crippen LogP contribution in [-0.4, -0.2) is 29.0 Å². The van der Waals surface area contributed by atoms with Gasteiger partial charge in [0.05, 0.1) is 0 Å². The summed E-state index contributed by atoms with van der Waals surface area (Å²) in [6.45, 7) is 2.34. The fourth-order valence-electron chi connectivity index (χ4n) is 1.01. The van der Waals surface area contributed by atoms with Gasteiger partial charge in [-0.1, -0.05) is 11.3 Å². The Morgan fingerprint density at radius 2 is 2.13 bits per heavy atom. The molecule has 0 unspecified atom stereocenters. The van der Waals surface area contributed by atoms with Gasteiger partial charge in [-0.25, -0.2) is 0 Å². The van der Waals surface area contributed by atoms with Crippen LogP contribution < -0.4 is 4.90 Å². The van der Waals surface area contributed by atoms with Crippen molar-refractivity contribution in [3.8, 4) is 0 Å². The van der Waals surface area contributed by atoms with Crippen molar-refractivity contribution in [3.05, 3.63) is 3.95 Å². The smallest absolute Gasteiger partial charge is 0.335 e. The summed E-state index contributed by atoms with van der Waals surface area (Å²) in [5.74, 6) is 0. The fraction of sp³-hybridized carbons (Fsp3) is 0.714. The first-order valence-electron chi connectivity index (χ1n) is 4.18. The lowest BCUT2D eigenvalue weighted by Gasteiger charge is -2.26. The largest absolute Gasteiger partial charge is 0.406 e. The van der Waals surface area contributed by atoms with E-state index in [0.717, 1.165) is 16.2 Å². The third-order valence-corrected chi connectivity index (χ3v) is 2.77. The molecule has 3 nitrogen and oxygen atoms in total. The lowest BCUT2D eigenvalue weighted by molar-refractivity contribution is -0.120. The number of halogens is 3. The summed E-state index contributed by atoms with van der Waals surface area (Å²) in [5, 5.41) is 6.47. The maximum Gasteiger partial charge on any atom is 0.406 e. The Morgan fingerprint density at radius 3 is 2.47 bits per heavy atom. The van der Waals surface area contributed by atoms with Gasteiger partial charge in [-0.05, 0) is 26.1 Å². The number of H-pyrrole nitrogens is 1. The van der Waals surface area contributed by atoms with Gasteiger partial charge in [0.25, 0.3) is 0 Å². The minimum absolute atomic E-state index is 0.271. The molecule has 0 aliphatic heterocycles. The van der Waals surface area contributed by atoms with Gasteiger partial charge >= 0.3 is 6.18 Å². The van der Waals surface area contributed by atoms with Crippen LogP contribution in [-0.2, 0) is 0 Å². The van der Waals surface area contributed by atoms with Gasteiger partial charge in [-0.2, -0.15) is 13.2 Å². The molecule has 8 heteroatoms. The molecule has 0 radical (unpaired) electrons. The SMILES string of the molecule is CC(C)N(CC(F)(F)F)c1n[nH]c(=S)s1. The zero-order valence-electron chi connectivity index (χ0n) is 8.13. The Hall–Kier alpha value is -0.630. The second kappa shape index (κ2) is 4.48. The van der Waals surface area contributed by atoms with Crippen LogP contribution in [0.15, 0.2) is 0 Å². The first kappa shape index (κ1) is 12.4. The molecule has 86 valence electrons. The maximum absolute atomic E-state index is 12.3. The average Bonchev–Trinajstić information content (AvgIpc) is 2.45. The van der Waals surface area contributed by atoms with Gasteiger partial charge < -0.3 is 4.90 Å². The molecule has 0 bridgehead atoms. The van der Waals surface area contributed by atoms with Gasteiger partial charge in [0.1, 0.15) is 6.54 Å². The summed E-state index contributed by atoms with van der Waals surface area (Å²) in [7, 11) is 0. The number of rotatable bonds is 3. The van der Waals surface area contributed by atoms with Crippen LogP contribution in [0.4, 0.5) is 18.3 Å². The number of anilines is 1. The lowest BCUT2D eigenvalue weighted by atomic mass is 10.3. The first-order chi connectivity index (χ1) is 6.79. The van der Waals surface area contributed by atoms with E-state index in [1.165, 1.54) is 0 Å². The fourth-order valence-corrected chi connectivity index (χ4v) is 2.02. The molecule has 0 aromatic carbocycles. The summed E-state index contributed by atoms with van der Waals surface area (Å²) in [4.78, 5) is 1.16. The first-order valence-corrected chi connectivity index (χ1v) is 5.41. The van der Waals surface area contributed by atoms with Crippen LogP contribution in [0.1, 0.15) is 13.8 Å². The quantitative estimate of drug-likeness (QED) is 0.845. The molecule has 0 aliphatic rings. The number of alkyl halides is 3. The molecule has 0 fully saturated rings. The van der Waals surface area contributed by atoms with Crippen LogP contribution in [0.2, 0.25) is 0 Å². The highest BCUT2D eigenvalue weighted by Gasteiger charge is 2.33. The number of aromatic amines is 1. The predicted octanol–water partition coefficient (Wildman–Crippen LogP) is 2.98. The van der Waals surface area contributed by atoms with Crippen LogP contribution in [0.3, 0.4) is 0 Å². The molecule has 1 N–H and O–H groups in total. The number of hydrogen-bond acceptors (Lipinski definition) is 4.